The molecule has 1 aromatic rings. The van der Waals surface area contributed by atoms with Crippen LogP contribution >= 0.6 is 23.2 Å². The molecule has 0 spiro atoms. The zero-order valence-electron chi connectivity index (χ0n) is 10.7. The Hall–Kier alpha value is -1.20. The van der Waals surface area contributed by atoms with Crippen molar-refractivity contribution in [3.05, 3.63) is 21.9 Å². The van der Waals surface area contributed by atoms with Crippen molar-refractivity contribution >= 4 is 35.0 Å². The van der Waals surface area contributed by atoms with Crippen molar-refractivity contribution in [3.8, 4) is 0 Å². The molecule has 19 heavy (non-hydrogen) atoms. The van der Waals surface area contributed by atoms with Crippen molar-refractivity contribution < 1.29 is 9.59 Å². The highest BCUT2D eigenvalue weighted by atomic mass is 35.5. The number of nitrogens with one attached hydrogen (secondary N) is 1. The first-order valence-corrected chi connectivity index (χ1v) is 6.82. The van der Waals surface area contributed by atoms with E-state index in [1.165, 1.54) is 10.6 Å². The van der Waals surface area contributed by atoms with E-state index in [4.69, 9.17) is 23.2 Å². The second-order valence-electron chi connectivity index (χ2n) is 4.44. The van der Waals surface area contributed by atoms with E-state index in [-0.39, 0.29) is 11.8 Å². The van der Waals surface area contributed by atoms with Gasteiger partial charge in [-0.15, -0.1) is 0 Å². The molecule has 0 aliphatic carbocycles. The van der Waals surface area contributed by atoms with E-state index >= 15 is 0 Å². The van der Waals surface area contributed by atoms with Gasteiger partial charge in [0.05, 0.1) is 5.02 Å². The smallest absolute Gasteiger partial charge is 0.271 e. The number of carbonyl (C=O) groups excluding carboxylic acids is 2. The van der Waals surface area contributed by atoms with Gasteiger partial charge in [0.15, 0.2) is 0 Å². The van der Waals surface area contributed by atoms with Gasteiger partial charge in [0, 0.05) is 20.1 Å². The van der Waals surface area contributed by atoms with E-state index in [0.29, 0.717) is 35.4 Å². The van der Waals surface area contributed by atoms with Gasteiger partial charge in [0.25, 0.3) is 5.91 Å². The highest BCUT2D eigenvalue weighted by molar-refractivity contribution is 6.41. The molecule has 1 fully saturated rings. The van der Waals surface area contributed by atoms with Gasteiger partial charge in [-0.25, -0.2) is 0 Å². The second kappa shape index (κ2) is 5.43. The molecule has 0 radical (unpaired) electrons. The highest BCUT2D eigenvalue weighted by Gasteiger charge is 2.33. The molecule has 1 saturated heterocycles. The van der Waals surface area contributed by atoms with Crippen LogP contribution in [0, 0.1) is 0 Å². The van der Waals surface area contributed by atoms with Crippen LogP contribution in [-0.2, 0) is 11.8 Å². The molecule has 5 nitrogen and oxygen atoms in total. The van der Waals surface area contributed by atoms with Gasteiger partial charge in [0.2, 0.25) is 5.91 Å². The third-order valence-electron chi connectivity index (χ3n) is 3.31. The first-order valence-electron chi connectivity index (χ1n) is 6.06. The van der Waals surface area contributed by atoms with E-state index in [2.05, 4.69) is 5.32 Å². The minimum absolute atomic E-state index is 0.117. The number of hydrogen-bond acceptors (Lipinski definition) is 2. The Morgan fingerprint density at radius 1 is 1.53 bits per heavy atom. The topological polar surface area (TPSA) is 54.3 Å². The zero-order valence-corrected chi connectivity index (χ0v) is 12.3. The molecule has 0 aromatic carbocycles. The molecular formula is C12H15Cl2N3O2. The Kier molecular flexibility index (Phi) is 4.06. The summed E-state index contributed by atoms with van der Waals surface area (Å²) < 4.78 is 1.53. The number of piperazine rings is 1. The summed E-state index contributed by atoms with van der Waals surface area (Å²) in [5.41, 5.74) is 0.392. The van der Waals surface area contributed by atoms with Crippen molar-refractivity contribution in [2.24, 2.45) is 7.05 Å². The molecule has 1 aromatic heterocycles. The number of carbonyl (C=O) groups is 2. The van der Waals surface area contributed by atoms with Crippen LogP contribution < -0.4 is 5.32 Å². The fourth-order valence-corrected chi connectivity index (χ4v) is 2.63. The minimum atomic E-state index is -0.436. The zero-order chi connectivity index (χ0) is 14.2. The molecule has 2 rings (SSSR count). The monoisotopic (exact) mass is 303 g/mol. The van der Waals surface area contributed by atoms with Crippen molar-refractivity contribution in [3.63, 3.8) is 0 Å². The third kappa shape index (κ3) is 2.44. The Balaban J connectivity index is 2.32. The SMILES string of the molecule is CCC1C(=O)NCCN1C(=O)c1cc(Cl)c(Cl)n1C. The van der Waals surface area contributed by atoms with E-state index in [1.54, 1.807) is 11.9 Å². The molecule has 2 amide bonds. The standard InChI is InChI=1S/C12H15Cl2N3O2/c1-3-8-11(18)15-4-5-17(8)12(19)9-6-7(13)10(14)16(9)2/h6,8H,3-5H2,1-2H3,(H,15,18). The molecule has 2 heterocycles. The average Bonchev–Trinajstić information content (AvgIpc) is 2.65. The van der Waals surface area contributed by atoms with Crippen LogP contribution in [0.2, 0.25) is 10.2 Å². The fourth-order valence-electron chi connectivity index (χ4n) is 2.26. The summed E-state index contributed by atoms with van der Waals surface area (Å²) in [6, 6.07) is 1.10. The van der Waals surface area contributed by atoms with Gasteiger partial charge in [-0.05, 0) is 12.5 Å². The predicted octanol–water partition coefficient (Wildman–Crippen LogP) is 1.68. The average molecular weight is 304 g/mol. The summed E-state index contributed by atoms with van der Waals surface area (Å²) in [6.07, 6.45) is 0.573. The molecule has 7 heteroatoms. The van der Waals surface area contributed by atoms with Crippen molar-refractivity contribution in [1.82, 2.24) is 14.8 Å². The molecule has 1 aliphatic rings. The van der Waals surface area contributed by atoms with Gasteiger partial charge in [-0.3, -0.25) is 9.59 Å². The van der Waals surface area contributed by atoms with E-state index in [9.17, 15) is 9.59 Å². The van der Waals surface area contributed by atoms with Crippen molar-refractivity contribution in [1.29, 1.82) is 0 Å². The van der Waals surface area contributed by atoms with Gasteiger partial charge >= 0.3 is 0 Å². The fraction of sp³-hybridized carbons (Fsp3) is 0.500. The quantitative estimate of drug-likeness (QED) is 0.904. The number of hydrogen-bond donors (Lipinski definition) is 1. The third-order valence-corrected chi connectivity index (χ3v) is 4.16. The lowest BCUT2D eigenvalue weighted by Crippen LogP contribution is -2.57. The summed E-state index contributed by atoms with van der Waals surface area (Å²) >= 11 is 11.9. The number of rotatable bonds is 2. The maximum Gasteiger partial charge on any atom is 0.271 e. The summed E-state index contributed by atoms with van der Waals surface area (Å²) in [5, 5.41) is 3.41. The number of halogens is 2. The lowest BCUT2D eigenvalue weighted by atomic mass is 10.1. The Labute approximate surface area is 121 Å². The summed E-state index contributed by atoms with van der Waals surface area (Å²) in [5.74, 6) is -0.341. The summed E-state index contributed by atoms with van der Waals surface area (Å²) in [6.45, 7) is 2.83. The molecular weight excluding hydrogens is 289 g/mol. The summed E-state index contributed by atoms with van der Waals surface area (Å²) in [7, 11) is 1.67. The largest absolute Gasteiger partial charge is 0.353 e. The molecule has 0 bridgehead atoms. The van der Waals surface area contributed by atoms with Gasteiger partial charge in [-0.1, -0.05) is 30.1 Å². The molecule has 0 saturated carbocycles. The minimum Gasteiger partial charge on any atom is -0.353 e. The lowest BCUT2D eigenvalue weighted by Gasteiger charge is -2.34. The van der Waals surface area contributed by atoms with Crippen LogP contribution in [0.3, 0.4) is 0 Å². The Bertz CT molecular complexity index is 527. The van der Waals surface area contributed by atoms with Gasteiger partial charge in [-0.2, -0.15) is 0 Å². The molecule has 1 atom stereocenters. The van der Waals surface area contributed by atoms with Crippen LogP contribution in [0.4, 0.5) is 0 Å². The van der Waals surface area contributed by atoms with Crippen LogP contribution in [0.25, 0.3) is 0 Å². The number of amides is 2. The lowest BCUT2D eigenvalue weighted by molar-refractivity contribution is -0.127. The molecule has 1 unspecified atom stereocenters. The van der Waals surface area contributed by atoms with E-state index < -0.39 is 6.04 Å². The van der Waals surface area contributed by atoms with Crippen LogP contribution in [0.5, 0.6) is 0 Å². The number of aromatic nitrogens is 1. The van der Waals surface area contributed by atoms with Crippen LogP contribution in [0.1, 0.15) is 23.8 Å². The Morgan fingerprint density at radius 3 is 2.74 bits per heavy atom. The van der Waals surface area contributed by atoms with Crippen molar-refractivity contribution in [2.45, 2.75) is 19.4 Å². The van der Waals surface area contributed by atoms with Gasteiger partial charge < -0.3 is 14.8 Å². The summed E-state index contributed by atoms with van der Waals surface area (Å²) in [4.78, 5) is 25.8. The highest BCUT2D eigenvalue weighted by Crippen LogP contribution is 2.26. The predicted molar refractivity (Wildman–Crippen MR) is 73.6 cm³/mol. The molecule has 104 valence electrons. The maximum atomic E-state index is 12.5. The first-order chi connectivity index (χ1) is 8.97. The number of nitrogens with zero attached hydrogens (tertiary/aromatic N) is 2. The first kappa shape index (κ1) is 14.2. The second-order valence-corrected chi connectivity index (χ2v) is 5.21. The maximum absolute atomic E-state index is 12.5. The Morgan fingerprint density at radius 2 is 2.21 bits per heavy atom. The normalized spacial score (nSPS) is 19.5. The molecule has 1 N–H and O–H groups in total. The van der Waals surface area contributed by atoms with E-state index in [1.807, 2.05) is 6.92 Å². The van der Waals surface area contributed by atoms with Crippen LogP contribution in [0.15, 0.2) is 6.07 Å². The molecule has 1 aliphatic heterocycles. The van der Waals surface area contributed by atoms with Crippen LogP contribution in [-0.4, -0.2) is 40.4 Å². The van der Waals surface area contributed by atoms with Crippen molar-refractivity contribution in [2.75, 3.05) is 13.1 Å². The van der Waals surface area contributed by atoms with E-state index in [0.717, 1.165) is 0 Å². The van der Waals surface area contributed by atoms with Gasteiger partial charge in [0.1, 0.15) is 16.9 Å².